The monoisotopic (exact) mass is 459 g/mol. The predicted octanol–water partition coefficient (Wildman–Crippen LogP) is 8.26. The van der Waals surface area contributed by atoms with Gasteiger partial charge in [-0.05, 0) is 87.6 Å². The molecule has 0 saturated carbocycles. The first-order valence-corrected chi connectivity index (χ1v) is 12.9. The zero-order chi connectivity index (χ0) is 22.5. The van der Waals surface area contributed by atoms with Crippen LogP contribution in [0.3, 0.4) is 0 Å². The van der Waals surface area contributed by atoms with E-state index >= 15 is 0 Å². The van der Waals surface area contributed by atoms with Crippen LogP contribution in [0.5, 0.6) is 0 Å². The molecule has 1 heterocycles. The minimum Gasteiger partial charge on any atom is -0.352 e. The van der Waals surface area contributed by atoms with Crippen molar-refractivity contribution in [3.05, 3.63) is 83.2 Å². The smallest absolute Gasteiger partial charge is 0.220 e. The van der Waals surface area contributed by atoms with E-state index in [4.69, 9.17) is 0 Å². The Labute approximate surface area is 199 Å². The number of benzene rings is 3. The summed E-state index contributed by atoms with van der Waals surface area (Å²) in [6.45, 7) is 7.02. The molecule has 3 aromatic carbocycles. The van der Waals surface area contributed by atoms with E-state index in [1.54, 1.807) is 23.1 Å². The molecule has 0 aliphatic rings. The van der Waals surface area contributed by atoms with Crippen LogP contribution in [-0.2, 0) is 11.3 Å². The Kier molecular flexibility index (Phi) is 7.33. The zero-order valence-corrected chi connectivity index (χ0v) is 20.5. The number of hydrogen-bond acceptors (Lipinski definition) is 3. The quantitative estimate of drug-likeness (QED) is 0.287. The van der Waals surface area contributed by atoms with Crippen LogP contribution in [0.25, 0.3) is 21.2 Å². The number of carbonyl (C=O) groups is 1. The molecule has 0 aliphatic carbocycles. The highest BCUT2D eigenvalue weighted by Gasteiger charge is 2.10. The molecule has 4 aromatic rings. The van der Waals surface area contributed by atoms with Gasteiger partial charge in [-0.2, -0.15) is 0 Å². The van der Waals surface area contributed by atoms with E-state index in [0.29, 0.717) is 18.9 Å². The maximum Gasteiger partial charge on any atom is 0.220 e. The molecule has 0 fully saturated rings. The maximum atomic E-state index is 12.1. The zero-order valence-electron chi connectivity index (χ0n) is 18.9. The Bertz CT molecular complexity index is 1190. The molecule has 4 rings (SSSR count). The molecule has 1 amide bonds. The normalized spacial score (nSPS) is 11.2. The van der Waals surface area contributed by atoms with Crippen LogP contribution < -0.4 is 5.32 Å². The minimum atomic E-state index is 0.109. The summed E-state index contributed by atoms with van der Waals surface area (Å²) in [7, 11) is 0. The van der Waals surface area contributed by atoms with Crippen LogP contribution in [0.2, 0.25) is 0 Å². The number of rotatable bonds is 8. The first-order valence-electron chi connectivity index (χ1n) is 11.2. The molecule has 0 atom stereocenters. The Morgan fingerprint density at radius 1 is 1.00 bits per heavy atom. The van der Waals surface area contributed by atoms with Crippen LogP contribution in [0.15, 0.2) is 81.9 Å². The largest absolute Gasteiger partial charge is 0.352 e. The number of amides is 1. The van der Waals surface area contributed by atoms with Crippen LogP contribution in [0, 0.1) is 0 Å². The molecule has 0 aliphatic heterocycles. The fourth-order valence-corrected chi connectivity index (χ4v) is 5.35. The van der Waals surface area contributed by atoms with Crippen molar-refractivity contribution in [1.29, 1.82) is 0 Å². The molecule has 4 heteroatoms. The number of fused-ring (bicyclic) bond motifs is 1. The van der Waals surface area contributed by atoms with Crippen LogP contribution >= 0.6 is 23.1 Å². The van der Waals surface area contributed by atoms with Crippen LogP contribution in [0.4, 0.5) is 0 Å². The van der Waals surface area contributed by atoms with E-state index in [2.05, 4.69) is 91.3 Å². The van der Waals surface area contributed by atoms with Crippen LogP contribution in [0.1, 0.15) is 50.7 Å². The number of nitrogens with one attached hydrogen (secondary N) is 1. The SMILES string of the molecule is CCCC(=O)NCc1cc(-c2cccs2)cc2ccc(Sc3ccc(C(C)C)cc3)cc12. The molecule has 1 N–H and O–H groups in total. The lowest BCUT2D eigenvalue weighted by molar-refractivity contribution is -0.121. The van der Waals surface area contributed by atoms with Gasteiger partial charge in [0.1, 0.15) is 0 Å². The lowest BCUT2D eigenvalue weighted by Gasteiger charge is -2.13. The van der Waals surface area contributed by atoms with Gasteiger partial charge >= 0.3 is 0 Å². The Balaban J connectivity index is 1.67. The Morgan fingerprint density at radius 3 is 2.47 bits per heavy atom. The molecule has 2 nitrogen and oxygen atoms in total. The highest BCUT2D eigenvalue weighted by molar-refractivity contribution is 7.99. The van der Waals surface area contributed by atoms with Gasteiger partial charge < -0.3 is 5.32 Å². The molecule has 0 spiro atoms. The van der Waals surface area contributed by atoms with E-state index in [1.165, 1.54) is 36.6 Å². The standard InChI is InChI=1S/C28H29NOS2/c1-4-6-28(30)29-18-23-16-22(27-7-5-14-31-27)15-21-10-13-25(17-26(21)23)32-24-11-8-20(9-12-24)19(2)3/h5,7-17,19H,4,6,18H2,1-3H3,(H,29,30). The molecule has 0 unspecified atom stereocenters. The third kappa shape index (κ3) is 5.43. The van der Waals surface area contributed by atoms with Gasteiger partial charge in [-0.3, -0.25) is 4.79 Å². The Morgan fingerprint density at radius 2 is 1.78 bits per heavy atom. The van der Waals surface area contributed by atoms with Crippen molar-refractivity contribution in [1.82, 2.24) is 5.32 Å². The van der Waals surface area contributed by atoms with Crippen molar-refractivity contribution in [3.63, 3.8) is 0 Å². The lowest BCUT2D eigenvalue weighted by atomic mass is 10.00. The van der Waals surface area contributed by atoms with Gasteiger partial charge in [0, 0.05) is 27.6 Å². The fourth-order valence-electron chi connectivity index (χ4n) is 3.77. The van der Waals surface area contributed by atoms with Crippen molar-refractivity contribution in [3.8, 4) is 10.4 Å². The van der Waals surface area contributed by atoms with Gasteiger partial charge in [0.2, 0.25) is 5.91 Å². The average Bonchev–Trinajstić information content (AvgIpc) is 3.33. The van der Waals surface area contributed by atoms with Crippen molar-refractivity contribution in [2.24, 2.45) is 0 Å². The second-order valence-electron chi connectivity index (χ2n) is 8.35. The van der Waals surface area contributed by atoms with Crippen LogP contribution in [-0.4, -0.2) is 5.91 Å². The summed E-state index contributed by atoms with van der Waals surface area (Å²) in [5.41, 5.74) is 3.73. The summed E-state index contributed by atoms with van der Waals surface area (Å²) >= 11 is 3.52. The summed E-state index contributed by atoms with van der Waals surface area (Å²) in [4.78, 5) is 15.8. The summed E-state index contributed by atoms with van der Waals surface area (Å²) in [5.74, 6) is 0.649. The molecule has 0 saturated heterocycles. The van der Waals surface area contributed by atoms with E-state index in [-0.39, 0.29) is 5.91 Å². The second-order valence-corrected chi connectivity index (χ2v) is 10.4. The summed E-state index contributed by atoms with van der Waals surface area (Å²) in [6, 6.07) is 24.2. The molecule has 1 aromatic heterocycles. The van der Waals surface area contributed by atoms with Crippen molar-refractivity contribution in [2.75, 3.05) is 0 Å². The molecule has 164 valence electrons. The van der Waals surface area contributed by atoms with Crippen molar-refractivity contribution < 1.29 is 4.79 Å². The number of thiophene rings is 1. The van der Waals surface area contributed by atoms with Gasteiger partial charge in [-0.1, -0.05) is 56.8 Å². The first-order chi connectivity index (χ1) is 15.5. The van der Waals surface area contributed by atoms with Gasteiger partial charge in [-0.15, -0.1) is 11.3 Å². The molecule has 0 radical (unpaired) electrons. The fraction of sp³-hybridized carbons (Fsp3) is 0.250. The average molecular weight is 460 g/mol. The minimum absolute atomic E-state index is 0.109. The summed E-state index contributed by atoms with van der Waals surface area (Å²) in [6.07, 6.45) is 1.42. The van der Waals surface area contributed by atoms with E-state index < -0.39 is 0 Å². The van der Waals surface area contributed by atoms with Gasteiger partial charge in [0.15, 0.2) is 0 Å². The summed E-state index contributed by atoms with van der Waals surface area (Å²) in [5, 5.41) is 7.62. The highest BCUT2D eigenvalue weighted by atomic mass is 32.2. The van der Waals surface area contributed by atoms with Crippen molar-refractivity contribution >= 4 is 39.8 Å². The van der Waals surface area contributed by atoms with Gasteiger partial charge in [0.05, 0.1) is 0 Å². The van der Waals surface area contributed by atoms with Gasteiger partial charge in [0.25, 0.3) is 0 Å². The van der Waals surface area contributed by atoms with E-state index in [1.807, 2.05) is 6.92 Å². The second kappa shape index (κ2) is 10.4. The molecule has 0 bridgehead atoms. The molecular formula is C28H29NOS2. The van der Waals surface area contributed by atoms with E-state index in [9.17, 15) is 4.79 Å². The Hall–Kier alpha value is -2.56. The topological polar surface area (TPSA) is 29.1 Å². The number of carbonyl (C=O) groups excluding carboxylic acids is 1. The maximum absolute atomic E-state index is 12.1. The third-order valence-corrected chi connectivity index (χ3v) is 7.47. The highest BCUT2D eigenvalue weighted by Crippen LogP contribution is 2.35. The number of hydrogen-bond donors (Lipinski definition) is 1. The first kappa shape index (κ1) is 22.6. The molecular weight excluding hydrogens is 430 g/mol. The van der Waals surface area contributed by atoms with Crippen molar-refractivity contribution in [2.45, 2.75) is 55.9 Å². The predicted molar refractivity (Wildman–Crippen MR) is 139 cm³/mol. The van der Waals surface area contributed by atoms with Gasteiger partial charge in [-0.25, -0.2) is 0 Å². The molecule has 32 heavy (non-hydrogen) atoms. The summed E-state index contributed by atoms with van der Waals surface area (Å²) < 4.78 is 0. The van der Waals surface area contributed by atoms with E-state index in [0.717, 1.165) is 12.0 Å². The lowest BCUT2D eigenvalue weighted by Crippen LogP contribution is -2.22. The third-order valence-electron chi connectivity index (χ3n) is 5.55.